The molecule has 22 heavy (non-hydrogen) atoms. The van der Waals surface area contributed by atoms with E-state index in [4.69, 9.17) is 0 Å². The van der Waals surface area contributed by atoms with Crippen LogP contribution in [0.2, 0.25) is 0 Å². The summed E-state index contributed by atoms with van der Waals surface area (Å²) < 4.78 is 2.50. The van der Waals surface area contributed by atoms with Gasteiger partial charge in [-0.15, -0.1) is 0 Å². The van der Waals surface area contributed by atoms with Crippen molar-refractivity contribution in [2.24, 2.45) is 7.05 Å². The molecule has 1 amide bonds. The molecule has 0 aliphatic carbocycles. The zero-order chi connectivity index (χ0) is 16.4. The van der Waals surface area contributed by atoms with Gasteiger partial charge in [-0.05, 0) is 32.4 Å². The quantitative estimate of drug-likeness (QED) is 0.670. The summed E-state index contributed by atoms with van der Waals surface area (Å²) in [6.45, 7) is 5.34. The summed E-state index contributed by atoms with van der Waals surface area (Å²) in [5.41, 5.74) is 2.54. The number of carbonyl (C=O) groups is 2. The van der Waals surface area contributed by atoms with Gasteiger partial charge >= 0.3 is 0 Å². The van der Waals surface area contributed by atoms with E-state index in [0.717, 1.165) is 10.0 Å². The van der Waals surface area contributed by atoms with Crippen molar-refractivity contribution in [3.05, 3.63) is 51.3 Å². The molecular weight excluding hydrogens is 346 g/mol. The normalized spacial score (nSPS) is 12.0. The van der Waals surface area contributed by atoms with Crippen molar-refractivity contribution in [1.29, 1.82) is 0 Å². The first-order valence-corrected chi connectivity index (χ1v) is 7.72. The Morgan fingerprint density at radius 1 is 1.27 bits per heavy atom. The molecule has 0 saturated heterocycles. The highest BCUT2D eigenvalue weighted by atomic mass is 79.9. The lowest BCUT2D eigenvalue weighted by Crippen LogP contribution is -2.33. The lowest BCUT2D eigenvalue weighted by atomic mass is 10.1. The number of aryl methyl sites for hydroxylation is 2. The molecule has 1 unspecified atom stereocenters. The Morgan fingerprint density at radius 2 is 1.91 bits per heavy atom. The van der Waals surface area contributed by atoms with Crippen molar-refractivity contribution >= 4 is 27.6 Å². The minimum Gasteiger partial charge on any atom is -0.343 e. The first-order chi connectivity index (χ1) is 10.3. The molecule has 0 radical (unpaired) electrons. The highest BCUT2D eigenvalue weighted by Gasteiger charge is 2.25. The zero-order valence-electron chi connectivity index (χ0n) is 13.0. The number of Topliss-reactive ketones (excluding diaryl/α,β-unsaturated/α-hetero) is 1. The Balaban J connectivity index is 2.19. The first kappa shape index (κ1) is 16.4. The SMILES string of the molecule is Cc1nn(C)c(C)c1C(=O)C(=O)NC(C)c1ccccc1Br. The van der Waals surface area contributed by atoms with Crippen LogP contribution in [0.15, 0.2) is 28.7 Å². The molecule has 0 bridgehead atoms. The highest BCUT2D eigenvalue weighted by molar-refractivity contribution is 9.10. The smallest absolute Gasteiger partial charge is 0.293 e. The Hall–Kier alpha value is -1.95. The van der Waals surface area contributed by atoms with E-state index >= 15 is 0 Å². The van der Waals surface area contributed by atoms with Gasteiger partial charge in [-0.25, -0.2) is 0 Å². The number of nitrogens with one attached hydrogen (secondary N) is 1. The van der Waals surface area contributed by atoms with Gasteiger partial charge in [-0.3, -0.25) is 14.3 Å². The van der Waals surface area contributed by atoms with E-state index in [1.165, 1.54) is 0 Å². The van der Waals surface area contributed by atoms with Gasteiger partial charge in [0.25, 0.3) is 11.7 Å². The molecule has 0 aliphatic heterocycles. The van der Waals surface area contributed by atoms with Gasteiger partial charge in [0.1, 0.15) is 0 Å². The molecule has 0 aliphatic rings. The molecular formula is C16H18BrN3O2. The predicted molar refractivity (Wildman–Crippen MR) is 87.7 cm³/mol. The number of hydrogen-bond donors (Lipinski definition) is 1. The highest BCUT2D eigenvalue weighted by Crippen LogP contribution is 2.23. The summed E-state index contributed by atoms with van der Waals surface area (Å²) in [5, 5.41) is 6.92. The van der Waals surface area contributed by atoms with Crippen LogP contribution in [-0.4, -0.2) is 21.5 Å². The fourth-order valence-corrected chi connectivity index (χ4v) is 3.01. The molecule has 5 nitrogen and oxygen atoms in total. The Kier molecular flexibility index (Phi) is 4.81. The van der Waals surface area contributed by atoms with Crippen molar-refractivity contribution < 1.29 is 9.59 Å². The van der Waals surface area contributed by atoms with Gasteiger partial charge in [0.05, 0.1) is 17.3 Å². The molecule has 2 aromatic rings. The maximum Gasteiger partial charge on any atom is 0.293 e. The number of hydrogen-bond acceptors (Lipinski definition) is 3. The molecule has 0 fully saturated rings. The maximum absolute atomic E-state index is 12.4. The molecule has 116 valence electrons. The van der Waals surface area contributed by atoms with E-state index in [0.29, 0.717) is 17.0 Å². The van der Waals surface area contributed by atoms with Gasteiger partial charge in [-0.2, -0.15) is 5.10 Å². The topological polar surface area (TPSA) is 64.0 Å². The van der Waals surface area contributed by atoms with Gasteiger partial charge in [0.15, 0.2) is 0 Å². The van der Waals surface area contributed by atoms with Gasteiger partial charge < -0.3 is 5.32 Å². The Labute approximate surface area is 137 Å². The van der Waals surface area contributed by atoms with Crippen LogP contribution in [-0.2, 0) is 11.8 Å². The standard InChI is InChI=1S/C16H18BrN3O2/c1-9(12-7-5-6-8-13(12)17)18-16(22)15(21)14-10(2)19-20(4)11(14)3/h5-9H,1-4H3,(H,18,22). The van der Waals surface area contributed by atoms with E-state index in [1.807, 2.05) is 31.2 Å². The zero-order valence-corrected chi connectivity index (χ0v) is 14.6. The van der Waals surface area contributed by atoms with Crippen LogP contribution in [0, 0.1) is 13.8 Å². The third kappa shape index (κ3) is 3.11. The number of amides is 1. The Morgan fingerprint density at radius 3 is 2.45 bits per heavy atom. The second-order valence-corrected chi connectivity index (χ2v) is 6.07. The van der Waals surface area contributed by atoms with Crippen molar-refractivity contribution in [3.63, 3.8) is 0 Å². The second kappa shape index (κ2) is 6.44. The number of rotatable bonds is 4. The first-order valence-electron chi connectivity index (χ1n) is 6.92. The van der Waals surface area contributed by atoms with Crippen LogP contribution in [0.3, 0.4) is 0 Å². The van der Waals surface area contributed by atoms with Crippen LogP contribution in [0.25, 0.3) is 0 Å². The molecule has 0 saturated carbocycles. The summed E-state index contributed by atoms with van der Waals surface area (Å²) in [5.74, 6) is -1.18. The summed E-state index contributed by atoms with van der Waals surface area (Å²) in [4.78, 5) is 24.6. The molecule has 6 heteroatoms. The fraction of sp³-hybridized carbons (Fsp3) is 0.312. The van der Waals surface area contributed by atoms with E-state index < -0.39 is 11.7 Å². The van der Waals surface area contributed by atoms with Crippen molar-refractivity contribution in [2.75, 3.05) is 0 Å². The van der Waals surface area contributed by atoms with E-state index in [9.17, 15) is 9.59 Å². The number of carbonyl (C=O) groups excluding carboxylic acids is 2. The lowest BCUT2D eigenvalue weighted by Gasteiger charge is -2.15. The molecule has 1 aromatic heterocycles. The van der Waals surface area contributed by atoms with Crippen LogP contribution in [0.5, 0.6) is 0 Å². The van der Waals surface area contributed by atoms with Gasteiger partial charge in [0.2, 0.25) is 0 Å². The third-order valence-corrected chi connectivity index (χ3v) is 4.38. The number of nitrogens with zero attached hydrogens (tertiary/aromatic N) is 2. The minimum absolute atomic E-state index is 0.274. The number of ketones is 1. The number of benzene rings is 1. The molecule has 1 N–H and O–H groups in total. The van der Waals surface area contributed by atoms with E-state index in [-0.39, 0.29) is 6.04 Å². The fourth-order valence-electron chi connectivity index (χ4n) is 2.38. The monoisotopic (exact) mass is 363 g/mol. The van der Waals surface area contributed by atoms with Crippen LogP contribution in [0.4, 0.5) is 0 Å². The van der Waals surface area contributed by atoms with Crippen molar-refractivity contribution in [3.8, 4) is 0 Å². The molecule has 2 rings (SSSR count). The third-order valence-electron chi connectivity index (χ3n) is 3.66. The van der Waals surface area contributed by atoms with E-state index in [1.54, 1.807) is 25.6 Å². The van der Waals surface area contributed by atoms with Crippen molar-refractivity contribution in [2.45, 2.75) is 26.8 Å². The largest absolute Gasteiger partial charge is 0.343 e. The second-order valence-electron chi connectivity index (χ2n) is 5.22. The number of halogens is 1. The molecule has 1 aromatic carbocycles. The molecule has 0 spiro atoms. The lowest BCUT2D eigenvalue weighted by molar-refractivity contribution is -0.117. The van der Waals surface area contributed by atoms with Crippen LogP contribution >= 0.6 is 15.9 Å². The average molecular weight is 364 g/mol. The Bertz CT molecular complexity index is 737. The van der Waals surface area contributed by atoms with Crippen LogP contribution < -0.4 is 5.32 Å². The summed E-state index contributed by atoms with van der Waals surface area (Å²) >= 11 is 3.45. The maximum atomic E-state index is 12.4. The van der Waals surface area contributed by atoms with Crippen molar-refractivity contribution in [1.82, 2.24) is 15.1 Å². The predicted octanol–water partition coefficient (Wildman–Crippen LogP) is 2.86. The van der Waals surface area contributed by atoms with Gasteiger partial charge in [-0.1, -0.05) is 34.1 Å². The summed E-state index contributed by atoms with van der Waals surface area (Å²) in [6, 6.07) is 7.31. The molecule has 1 heterocycles. The van der Waals surface area contributed by atoms with E-state index in [2.05, 4.69) is 26.3 Å². The van der Waals surface area contributed by atoms with Gasteiger partial charge in [0, 0.05) is 17.2 Å². The summed E-state index contributed by atoms with van der Waals surface area (Å²) in [6.07, 6.45) is 0. The molecule has 1 atom stereocenters. The minimum atomic E-state index is -0.623. The number of aromatic nitrogens is 2. The average Bonchev–Trinajstić information content (AvgIpc) is 2.71. The summed E-state index contributed by atoms with van der Waals surface area (Å²) in [7, 11) is 1.75. The van der Waals surface area contributed by atoms with Crippen LogP contribution in [0.1, 0.15) is 40.3 Å².